The van der Waals surface area contributed by atoms with E-state index in [-0.39, 0.29) is 23.8 Å². The second-order valence-electron chi connectivity index (χ2n) is 6.72. The zero-order valence-electron chi connectivity index (χ0n) is 14.8. The zero-order valence-corrected chi connectivity index (χ0v) is 14.8. The van der Waals surface area contributed by atoms with E-state index in [9.17, 15) is 22.8 Å². The molecular weight excluding hydrogens is 345 g/mol. The summed E-state index contributed by atoms with van der Waals surface area (Å²) < 4.78 is 38.1. The summed E-state index contributed by atoms with van der Waals surface area (Å²) >= 11 is 0. The number of likely N-dealkylation sites (tertiary alicyclic amines) is 1. The number of hydrogen-bond acceptors (Lipinski definition) is 2. The first-order valence-corrected chi connectivity index (χ1v) is 8.61. The average Bonchev–Trinajstić information content (AvgIpc) is 2.58. The first-order valence-electron chi connectivity index (χ1n) is 8.61. The van der Waals surface area contributed by atoms with Crippen molar-refractivity contribution in [2.24, 2.45) is 5.92 Å². The van der Waals surface area contributed by atoms with E-state index in [0.29, 0.717) is 31.5 Å². The number of alkyl halides is 3. The van der Waals surface area contributed by atoms with Crippen LogP contribution in [0, 0.1) is 5.92 Å². The van der Waals surface area contributed by atoms with Gasteiger partial charge in [0.1, 0.15) is 0 Å². The Morgan fingerprint density at radius 2 is 1.88 bits per heavy atom. The number of benzene rings is 1. The molecule has 4 nitrogen and oxygen atoms in total. The summed E-state index contributed by atoms with van der Waals surface area (Å²) in [5.41, 5.74) is -0.427. The molecule has 2 rings (SSSR count). The summed E-state index contributed by atoms with van der Waals surface area (Å²) in [5, 5.41) is 2.87. The van der Waals surface area contributed by atoms with Gasteiger partial charge in [-0.15, -0.1) is 0 Å². The molecule has 0 unspecified atom stereocenters. The van der Waals surface area contributed by atoms with Gasteiger partial charge in [-0.1, -0.05) is 12.1 Å². The highest BCUT2D eigenvalue weighted by Crippen LogP contribution is 2.29. The smallest absolute Gasteiger partial charge is 0.354 e. The minimum Gasteiger partial charge on any atom is -0.354 e. The molecule has 1 saturated heterocycles. The number of carbonyl (C=O) groups excluding carboxylic acids is 2. The standard InChI is InChI=1S/C19H23F3N2O2/c1-13(2)23-18(26)15-8-10-24(11-9-15)17(25)7-6-14-4-3-5-16(12-14)19(20,21)22/h3-7,12-13,15H,8-11H2,1-2H3,(H,23,26)/b7-6+. The van der Waals surface area contributed by atoms with Crippen molar-refractivity contribution in [3.8, 4) is 0 Å². The Morgan fingerprint density at radius 3 is 2.46 bits per heavy atom. The van der Waals surface area contributed by atoms with Gasteiger partial charge >= 0.3 is 6.18 Å². The van der Waals surface area contributed by atoms with Gasteiger partial charge in [0.25, 0.3) is 0 Å². The Morgan fingerprint density at radius 1 is 1.23 bits per heavy atom. The molecule has 1 aliphatic rings. The molecule has 0 bridgehead atoms. The van der Waals surface area contributed by atoms with Crippen LogP contribution in [0.25, 0.3) is 6.08 Å². The maximum absolute atomic E-state index is 12.7. The fourth-order valence-corrected chi connectivity index (χ4v) is 2.86. The van der Waals surface area contributed by atoms with E-state index in [1.807, 2.05) is 13.8 Å². The number of carbonyl (C=O) groups is 2. The maximum atomic E-state index is 12.7. The molecule has 0 spiro atoms. The minimum absolute atomic E-state index is 0.00612. The summed E-state index contributed by atoms with van der Waals surface area (Å²) in [6, 6.07) is 4.91. The lowest BCUT2D eigenvalue weighted by Crippen LogP contribution is -2.43. The Hall–Kier alpha value is -2.31. The van der Waals surface area contributed by atoms with Crippen molar-refractivity contribution in [1.29, 1.82) is 0 Å². The van der Waals surface area contributed by atoms with Crippen molar-refractivity contribution < 1.29 is 22.8 Å². The van der Waals surface area contributed by atoms with Crippen LogP contribution in [0.1, 0.15) is 37.8 Å². The molecule has 1 N–H and O–H groups in total. The molecule has 0 aromatic heterocycles. The van der Waals surface area contributed by atoms with Crippen LogP contribution in [0.2, 0.25) is 0 Å². The fourth-order valence-electron chi connectivity index (χ4n) is 2.86. The van der Waals surface area contributed by atoms with Crippen LogP contribution in [-0.4, -0.2) is 35.8 Å². The Labute approximate surface area is 151 Å². The Kier molecular flexibility index (Phi) is 6.45. The molecule has 1 fully saturated rings. The first-order chi connectivity index (χ1) is 12.2. The lowest BCUT2D eigenvalue weighted by atomic mass is 9.95. The summed E-state index contributed by atoms with van der Waals surface area (Å²) in [6.45, 7) is 4.72. The minimum atomic E-state index is -4.41. The summed E-state index contributed by atoms with van der Waals surface area (Å²) in [7, 11) is 0. The quantitative estimate of drug-likeness (QED) is 0.828. The highest BCUT2D eigenvalue weighted by atomic mass is 19.4. The SMILES string of the molecule is CC(C)NC(=O)C1CCN(C(=O)/C=C/c2cccc(C(F)(F)F)c2)CC1. The molecule has 1 aromatic carbocycles. The number of piperidine rings is 1. The van der Waals surface area contributed by atoms with E-state index in [0.717, 1.165) is 12.1 Å². The summed E-state index contributed by atoms with van der Waals surface area (Å²) in [5.74, 6) is -0.356. The first kappa shape index (κ1) is 20.0. The number of nitrogens with one attached hydrogen (secondary N) is 1. The van der Waals surface area contributed by atoms with Crippen molar-refractivity contribution in [3.05, 3.63) is 41.5 Å². The van der Waals surface area contributed by atoms with E-state index in [1.165, 1.54) is 24.3 Å². The normalized spacial score (nSPS) is 16.3. The van der Waals surface area contributed by atoms with Crippen molar-refractivity contribution in [3.63, 3.8) is 0 Å². The highest BCUT2D eigenvalue weighted by molar-refractivity contribution is 5.92. The van der Waals surface area contributed by atoms with E-state index >= 15 is 0 Å². The molecule has 1 aromatic rings. The zero-order chi connectivity index (χ0) is 19.3. The van der Waals surface area contributed by atoms with Gasteiger partial charge in [0.2, 0.25) is 11.8 Å². The third-order valence-corrected chi connectivity index (χ3v) is 4.24. The van der Waals surface area contributed by atoms with Crippen molar-refractivity contribution >= 4 is 17.9 Å². The van der Waals surface area contributed by atoms with Crippen molar-refractivity contribution in [2.45, 2.75) is 38.9 Å². The van der Waals surface area contributed by atoms with Crippen LogP contribution < -0.4 is 5.32 Å². The van der Waals surface area contributed by atoms with Gasteiger partial charge in [0, 0.05) is 31.1 Å². The van der Waals surface area contributed by atoms with Gasteiger partial charge in [-0.2, -0.15) is 13.2 Å². The largest absolute Gasteiger partial charge is 0.416 e. The van der Waals surface area contributed by atoms with E-state index < -0.39 is 11.7 Å². The van der Waals surface area contributed by atoms with Crippen LogP contribution >= 0.6 is 0 Å². The third-order valence-electron chi connectivity index (χ3n) is 4.24. The highest BCUT2D eigenvalue weighted by Gasteiger charge is 2.30. The fraction of sp³-hybridized carbons (Fsp3) is 0.474. The van der Waals surface area contributed by atoms with Crippen molar-refractivity contribution in [2.75, 3.05) is 13.1 Å². The second kappa shape index (κ2) is 8.38. The lowest BCUT2D eigenvalue weighted by molar-refractivity contribution is -0.137. The Balaban J connectivity index is 1.91. The number of halogens is 3. The second-order valence-corrected chi connectivity index (χ2v) is 6.72. The topological polar surface area (TPSA) is 49.4 Å². The molecule has 0 atom stereocenters. The molecule has 1 heterocycles. The predicted molar refractivity (Wildman–Crippen MR) is 93.1 cm³/mol. The van der Waals surface area contributed by atoms with Gasteiger partial charge in [0.05, 0.1) is 5.56 Å². The summed E-state index contributed by atoms with van der Waals surface area (Å²) in [4.78, 5) is 25.8. The van der Waals surface area contributed by atoms with Gasteiger partial charge in [-0.25, -0.2) is 0 Å². The average molecular weight is 368 g/mol. The predicted octanol–water partition coefficient (Wildman–Crippen LogP) is 3.48. The van der Waals surface area contributed by atoms with Crippen LogP contribution in [-0.2, 0) is 15.8 Å². The van der Waals surface area contributed by atoms with E-state index in [2.05, 4.69) is 5.32 Å². The summed E-state index contributed by atoms with van der Waals surface area (Å²) in [6.07, 6.45) is -0.575. The Bertz CT molecular complexity index is 676. The van der Waals surface area contributed by atoms with Crippen LogP contribution in [0.4, 0.5) is 13.2 Å². The molecular formula is C19H23F3N2O2. The molecule has 0 saturated carbocycles. The lowest BCUT2D eigenvalue weighted by Gasteiger charge is -2.31. The molecule has 26 heavy (non-hydrogen) atoms. The maximum Gasteiger partial charge on any atom is 0.416 e. The number of nitrogens with zero attached hydrogens (tertiary/aromatic N) is 1. The molecule has 142 valence electrons. The van der Waals surface area contributed by atoms with E-state index in [4.69, 9.17) is 0 Å². The van der Waals surface area contributed by atoms with Crippen LogP contribution in [0.3, 0.4) is 0 Å². The van der Waals surface area contributed by atoms with Gasteiger partial charge in [-0.3, -0.25) is 9.59 Å². The van der Waals surface area contributed by atoms with Gasteiger partial charge in [0.15, 0.2) is 0 Å². The number of hydrogen-bond donors (Lipinski definition) is 1. The van der Waals surface area contributed by atoms with E-state index in [1.54, 1.807) is 4.90 Å². The molecule has 7 heteroatoms. The number of amides is 2. The van der Waals surface area contributed by atoms with Crippen molar-refractivity contribution in [1.82, 2.24) is 10.2 Å². The van der Waals surface area contributed by atoms with Gasteiger partial charge < -0.3 is 10.2 Å². The van der Waals surface area contributed by atoms with Gasteiger partial charge in [-0.05, 0) is 50.5 Å². The number of rotatable bonds is 4. The van der Waals surface area contributed by atoms with Crippen LogP contribution in [0.5, 0.6) is 0 Å². The monoisotopic (exact) mass is 368 g/mol. The van der Waals surface area contributed by atoms with Crippen LogP contribution in [0.15, 0.2) is 30.3 Å². The third kappa shape index (κ3) is 5.61. The molecule has 0 radical (unpaired) electrons. The molecule has 2 amide bonds. The molecule has 0 aliphatic carbocycles. The molecule has 1 aliphatic heterocycles.